The van der Waals surface area contributed by atoms with Crippen molar-refractivity contribution >= 4 is 22.5 Å². The Hall–Kier alpha value is -1.97. The minimum atomic E-state index is -0.0333. The molecule has 3 N–H and O–H groups in total. The molecule has 0 radical (unpaired) electrons. The molecule has 1 aromatic carbocycles. The largest absolute Gasteiger partial charge is 0.396 e. The van der Waals surface area contributed by atoms with E-state index >= 15 is 0 Å². The number of nitrogens with two attached hydrogens (primary N) is 1. The van der Waals surface area contributed by atoms with E-state index in [1.165, 1.54) is 25.7 Å². The first-order chi connectivity index (χ1) is 10.7. The van der Waals surface area contributed by atoms with E-state index in [4.69, 9.17) is 5.73 Å². The first-order valence-corrected chi connectivity index (χ1v) is 8.37. The van der Waals surface area contributed by atoms with Gasteiger partial charge in [-0.2, -0.15) is 0 Å². The highest BCUT2D eigenvalue weighted by Crippen LogP contribution is 2.29. The van der Waals surface area contributed by atoms with Gasteiger partial charge in [-0.15, -0.1) is 0 Å². The first-order valence-electron chi connectivity index (χ1n) is 8.37. The Morgan fingerprint density at radius 3 is 2.77 bits per heavy atom. The number of fused-ring (bicyclic) bond motifs is 1. The van der Waals surface area contributed by atoms with Gasteiger partial charge in [-0.1, -0.05) is 38.0 Å². The number of hydrogen-bond donors (Lipinski definition) is 2. The van der Waals surface area contributed by atoms with E-state index in [1.54, 1.807) is 0 Å². The van der Waals surface area contributed by atoms with Gasteiger partial charge in [-0.3, -0.25) is 4.79 Å². The van der Waals surface area contributed by atoms with E-state index in [2.05, 4.69) is 16.8 Å². The van der Waals surface area contributed by atoms with E-state index in [1.807, 2.05) is 24.3 Å². The summed E-state index contributed by atoms with van der Waals surface area (Å²) in [5, 5.41) is 4.08. The highest BCUT2D eigenvalue weighted by Gasteiger charge is 2.22. The number of para-hydroxylation sites is 1. The molecule has 22 heavy (non-hydrogen) atoms. The molecule has 1 aromatic heterocycles. The number of nitrogens with zero attached hydrogens (tertiary/aromatic N) is 1. The van der Waals surface area contributed by atoms with Gasteiger partial charge in [0.05, 0.1) is 11.2 Å². The van der Waals surface area contributed by atoms with Crippen LogP contribution in [0.5, 0.6) is 0 Å². The second kappa shape index (κ2) is 6.42. The number of anilines is 1. The SMILES string of the molecule is CCCn1c(C(=O)NCC2CCCC2)c(N)c2ccccc21. The molecule has 3 rings (SSSR count). The summed E-state index contributed by atoms with van der Waals surface area (Å²) in [6.07, 6.45) is 6.01. The maximum absolute atomic E-state index is 12.7. The average Bonchev–Trinajstić information content (AvgIpc) is 3.14. The number of benzene rings is 1. The van der Waals surface area contributed by atoms with Crippen LogP contribution in [0.15, 0.2) is 24.3 Å². The van der Waals surface area contributed by atoms with Gasteiger partial charge in [-0.25, -0.2) is 0 Å². The summed E-state index contributed by atoms with van der Waals surface area (Å²) in [7, 11) is 0. The summed E-state index contributed by atoms with van der Waals surface area (Å²) < 4.78 is 2.06. The maximum atomic E-state index is 12.7. The smallest absolute Gasteiger partial charge is 0.270 e. The van der Waals surface area contributed by atoms with Crippen LogP contribution in [0.2, 0.25) is 0 Å². The Bertz CT molecular complexity index is 668. The minimum absolute atomic E-state index is 0.0333. The van der Waals surface area contributed by atoms with Gasteiger partial charge >= 0.3 is 0 Å². The molecule has 1 aliphatic carbocycles. The standard InChI is InChI=1S/C18H25N3O/c1-2-11-21-15-10-6-5-9-14(15)16(19)17(21)18(22)20-12-13-7-3-4-8-13/h5-6,9-10,13H,2-4,7-8,11-12,19H2,1H3,(H,20,22). The number of carbonyl (C=O) groups excluding carboxylic acids is 1. The molecule has 0 bridgehead atoms. The highest BCUT2D eigenvalue weighted by atomic mass is 16.2. The van der Waals surface area contributed by atoms with Gasteiger partial charge in [0, 0.05) is 18.5 Å². The predicted molar refractivity (Wildman–Crippen MR) is 90.9 cm³/mol. The molecule has 0 saturated heterocycles. The number of carbonyl (C=O) groups is 1. The lowest BCUT2D eigenvalue weighted by Crippen LogP contribution is -2.30. The van der Waals surface area contributed by atoms with Crippen molar-refractivity contribution in [2.45, 2.75) is 45.6 Å². The van der Waals surface area contributed by atoms with Crippen LogP contribution in [-0.4, -0.2) is 17.0 Å². The molecule has 1 amide bonds. The van der Waals surface area contributed by atoms with Crippen LogP contribution < -0.4 is 11.1 Å². The molecular formula is C18H25N3O. The van der Waals surface area contributed by atoms with Gasteiger partial charge in [-0.05, 0) is 31.2 Å². The quantitative estimate of drug-likeness (QED) is 0.887. The molecule has 0 spiro atoms. The van der Waals surface area contributed by atoms with Gasteiger partial charge in [0.25, 0.3) is 5.91 Å². The molecule has 1 aliphatic rings. The van der Waals surface area contributed by atoms with E-state index in [0.717, 1.165) is 30.4 Å². The third-order valence-electron chi connectivity index (χ3n) is 4.70. The Balaban J connectivity index is 1.89. The van der Waals surface area contributed by atoms with Crippen LogP contribution in [-0.2, 0) is 6.54 Å². The van der Waals surface area contributed by atoms with E-state index in [0.29, 0.717) is 17.3 Å². The topological polar surface area (TPSA) is 60.0 Å². The average molecular weight is 299 g/mol. The molecule has 1 saturated carbocycles. The lowest BCUT2D eigenvalue weighted by molar-refractivity contribution is 0.0939. The minimum Gasteiger partial charge on any atom is -0.396 e. The Morgan fingerprint density at radius 2 is 2.05 bits per heavy atom. The van der Waals surface area contributed by atoms with Crippen LogP contribution in [0.3, 0.4) is 0 Å². The van der Waals surface area contributed by atoms with Crippen LogP contribution >= 0.6 is 0 Å². The van der Waals surface area contributed by atoms with Gasteiger partial charge in [0.2, 0.25) is 0 Å². The van der Waals surface area contributed by atoms with Crippen molar-refractivity contribution < 1.29 is 4.79 Å². The number of rotatable bonds is 5. The van der Waals surface area contributed by atoms with Crippen LogP contribution in [0, 0.1) is 5.92 Å². The van der Waals surface area contributed by atoms with Crippen LogP contribution in [0.25, 0.3) is 10.9 Å². The van der Waals surface area contributed by atoms with Crippen molar-refractivity contribution in [2.24, 2.45) is 5.92 Å². The van der Waals surface area contributed by atoms with Crippen molar-refractivity contribution in [3.8, 4) is 0 Å². The van der Waals surface area contributed by atoms with Crippen molar-refractivity contribution in [2.75, 3.05) is 12.3 Å². The summed E-state index contributed by atoms with van der Waals surface area (Å²) >= 11 is 0. The third-order valence-corrected chi connectivity index (χ3v) is 4.70. The molecular weight excluding hydrogens is 274 g/mol. The molecule has 0 aliphatic heterocycles. The molecule has 4 heteroatoms. The highest BCUT2D eigenvalue weighted by molar-refractivity contribution is 6.08. The number of aryl methyl sites for hydroxylation is 1. The fourth-order valence-corrected chi connectivity index (χ4v) is 3.57. The molecule has 0 unspecified atom stereocenters. The van der Waals surface area contributed by atoms with E-state index in [-0.39, 0.29) is 5.91 Å². The van der Waals surface area contributed by atoms with E-state index in [9.17, 15) is 4.79 Å². The fraction of sp³-hybridized carbons (Fsp3) is 0.500. The molecule has 0 atom stereocenters. The Kier molecular flexibility index (Phi) is 4.36. The van der Waals surface area contributed by atoms with Gasteiger partial charge < -0.3 is 15.6 Å². The van der Waals surface area contributed by atoms with Gasteiger partial charge in [0.15, 0.2) is 0 Å². The number of nitrogen functional groups attached to an aromatic ring is 1. The zero-order valence-corrected chi connectivity index (χ0v) is 13.3. The van der Waals surface area contributed by atoms with Crippen molar-refractivity contribution in [1.82, 2.24) is 9.88 Å². The van der Waals surface area contributed by atoms with E-state index < -0.39 is 0 Å². The normalized spacial score (nSPS) is 15.5. The zero-order valence-electron chi connectivity index (χ0n) is 13.3. The molecule has 4 nitrogen and oxygen atoms in total. The monoisotopic (exact) mass is 299 g/mol. The lowest BCUT2D eigenvalue weighted by Gasteiger charge is -2.13. The van der Waals surface area contributed by atoms with Gasteiger partial charge in [0.1, 0.15) is 5.69 Å². The summed E-state index contributed by atoms with van der Waals surface area (Å²) in [5.41, 5.74) is 8.55. The number of aromatic nitrogens is 1. The second-order valence-electron chi connectivity index (χ2n) is 6.29. The van der Waals surface area contributed by atoms with Crippen LogP contribution in [0.1, 0.15) is 49.5 Å². The lowest BCUT2D eigenvalue weighted by atomic mass is 10.1. The number of nitrogens with one attached hydrogen (secondary N) is 1. The summed E-state index contributed by atoms with van der Waals surface area (Å²) in [4.78, 5) is 12.7. The molecule has 118 valence electrons. The molecule has 1 heterocycles. The van der Waals surface area contributed by atoms with Crippen molar-refractivity contribution in [3.05, 3.63) is 30.0 Å². The summed E-state index contributed by atoms with van der Waals surface area (Å²) in [6, 6.07) is 7.99. The first kappa shape index (κ1) is 14.9. The maximum Gasteiger partial charge on any atom is 0.270 e. The summed E-state index contributed by atoms with van der Waals surface area (Å²) in [5.74, 6) is 0.600. The Labute approximate surface area is 131 Å². The van der Waals surface area contributed by atoms with Crippen LogP contribution in [0.4, 0.5) is 5.69 Å². The molecule has 2 aromatic rings. The fourth-order valence-electron chi connectivity index (χ4n) is 3.57. The number of amides is 1. The zero-order chi connectivity index (χ0) is 15.5. The summed E-state index contributed by atoms with van der Waals surface area (Å²) in [6.45, 7) is 3.70. The second-order valence-corrected chi connectivity index (χ2v) is 6.29. The van der Waals surface area contributed by atoms with Crippen molar-refractivity contribution in [3.63, 3.8) is 0 Å². The third kappa shape index (κ3) is 2.70. The number of hydrogen-bond acceptors (Lipinski definition) is 2. The molecule has 1 fully saturated rings. The van der Waals surface area contributed by atoms with Crippen molar-refractivity contribution in [1.29, 1.82) is 0 Å². The Morgan fingerprint density at radius 1 is 1.32 bits per heavy atom. The predicted octanol–water partition coefficient (Wildman–Crippen LogP) is 3.55.